The van der Waals surface area contributed by atoms with Crippen LogP contribution in [0.25, 0.3) is 0 Å². The molecule has 1 aliphatic rings. The van der Waals surface area contributed by atoms with Crippen LogP contribution in [0.15, 0.2) is 65.7 Å². The Balaban J connectivity index is 1.73. The van der Waals surface area contributed by atoms with Crippen molar-refractivity contribution in [3.63, 3.8) is 0 Å². The molecule has 0 unspecified atom stereocenters. The number of hydrogen-bond donors (Lipinski definition) is 2. The standard InChI is InChI=1S/C17H15N3O2/c21-15-14(13-9-5-2-6-10-13)16(22)20-17(19-15)18-11-12-7-3-1-4-8-12/h1-10,14H,11H2,(H2,18,19,20,21,22). The van der Waals surface area contributed by atoms with Crippen LogP contribution in [0, 0.1) is 0 Å². The predicted octanol–water partition coefficient (Wildman–Crippen LogP) is 1.57. The first-order valence-corrected chi connectivity index (χ1v) is 6.99. The van der Waals surface area contributed by atoms with Crippen LogP contribution >= 0.6 is 0 Å². The molecule has 2 aromatic carbocycles. The molecule has 2 N–H and O–H groups in total. The predicted molar refractivity (Wildman–Crippen MR) is 83.0 cm³/mol. The van der Waals surface area contributed by atoms with Crippen molar-refractivity contribution < 1.29 is 9.59 Å². The first-order chi connectivity index (χ1) is 10.7. The molecule has 0 aromatic heterocycles. The second-order valence-electron chi connectivity index (χ2n) is 4.97. The number of benzene rings is 2. The molecule has 1 heterocycles. The molecule has 1 saturated heterocycles. The largest absolute Gasteiger partial charge is 0.295 e. The Kier molecular flexibility index (Phi) is 3.96. The molecule has 2 aromatic rings. The first kappa shape index (κ1) is 14.0. The van der Waals surface area contributed by atoms with Crippen LogP contribution in [0.3, 0.4) is 0 Å². The van der Waals surface area contributed by atoms with E-state index in [9.17, 15) is 9.59 Å². The summed E-state index contributed by atoms with van der Waals surface area (Å²) in [6.45, 7) is 0.396. The highest BCUT2D eigenvalue weighted by molar-refractivity contribution is 6.20. The van der Waals surface area contributed by atoms with E-state index < -0.39 is 5.92 Å². The molecule has 2 amide bonds. The van der Waals surface area contributed by atoms with Crippen molar-refractivity contribution in [1.82, 2.24) is 10.6 Å². The minimum absolute atomic E-state index is 0.200. The monoisotopic (exact) mass is 293 g/mol. The molecule has 1 aliphatic heterocycles. The van der Waals surface area contributed by atoms with Crippen molar-refractivity contribution in [1.29, 1.82) is 0 Å². The van der Waals surface area contributed by atoms with Gasteiger partial charge in [-0.3, -0.25) is 20.2 Å². The van der Waals surface area contributed by atoms with Gasteiger partial charge in [0.05, 0.1) is 6.54 Å². The zero-order valence-electron chi connectivity index (χ0n) is 11.8. The van der Waals surface area contributed by atoms with Gasteiger partial charge in [0.15, 0.2) is 0 Å². The summed E-state index contributed by atoms with van der Waals surface area (Å²) in [5, 5.41) is 5.29. The summed E-state index contributed by atoms with van der Waals surface area (Å²) in [5.41, 5.74) is 1.67. The second-order valence-corrected chi connectivity index (χ2v) is 4.97. The van der Waals surface area contributed by atoms with E-state index in [0.29, 0.717) is 12.1 Å². The number of rotatable bonds is 3. The van der Waals surface area contributed by atoms with Gasteiger partial charge in [-0.1, -0.05) is 60.7 Å². The Morgan fingerprint density at radius 1 is 0.818 bits per heavy atom. The first-order valence-electron chi connectivity index (χ1n) is 6.99. The van der Waals surface area contributed by atoms with Gasteiger partial charge in [-0.05, 0) is 11.1 Å². The second kappa shape index (κ2) is 6.22. The van der Waals surface area contributed by atoms with Crippen molar-refractivity contribution in [3.8, 4) is 0 Å². The number of guanidine groups is 1. The van der Waals surface area contributed by atoms with Crippen molar-refractivity contribution in [3.05, 3.63) is 71.8 Å². The average Bonchev–Trinajstić information content (AvgIpc) is 2.54. The molecule has 5 nitrogen and oxygen atoms in total. The molecule has 0 saturated carbocycles. The fraction of sp³-hybridized carbons (Fsp3) is 0.118. The molecule has 22 heavy (non-hydrogen) atoms. The molecule has 0 aliphatic carbocycles. The lowest BCUT2D eigenvalue weighted by atomic mass is 9.96. The molecule has 0 radical (unpaired) electrons. The lowest BCUT2D eigenvalue weighted by Crippen LogP contribution is -2.55. The SMILES string of the molecule is O=C1NC(=NCc2ccccc2)NC(=O)C1c1ccccc1. The molecule has 0 spiro atoms. The van der Waals surface area contributed by atoms with Gasteiger partial charge in [0.25, 0.3) is 0 Å². The van der Waals surface area contributed by atoms with Gasteiger partial charge in [-0.2, -0.15) is 0 Å². The van der Waals surface area contributed by atoms with Gasteiger partial charge in [-0.25, -0.2) is 4.99 Å². The Morgan fingerprint density at radius 3 is 1.95 bits per heavy atom. The summed E-state index contributed by atoms with van der Waals surface area (Å²) in [4.78, 5) is 28.6. The van der Waals surface area contributed by atoms with Gasteiger partial charge in [0.1, 0.15) is 5.92 Å². The Hall–Kier alpha value is -2.95. The average molecular weight is 293 g/mol. The van der Waals surface area contributed by atoms with Crippen LogP contribution in [0.5, 0.6) is 0 Å². The normalized spacial score (nSPS) is 17.6. The molecule has 3 rings (SSSR count). The zero-order chi connectivity index (χ0) is 15.4. The third-order valence-electron chi connectivity index (χ3n) is 3.40. The lowest BCUT2D eigenvalue weighted by Gasteiger charge is -2.23. The van der Waals surface area contributed by atoms with Crippen LogP contribution in [0.2, 0.25) is 0 Å². The molecule has 0 bridgehead atoms. The van der Waals surface area contributed by atoms with E-state index >= 15 is 0 Å². The minimum atomic E-state index is -0.836. The van der Waals surface area contributed by atoms with Gasteiger partial charge in [0.2, 0.25) is 17.8 Å². The highest BCUT2D eigenvalue weighted by Gasteiger charge is 2.34. The van der Waals surface area contributed by atoms with E-state index in [4.69, 9.17) is 0 Å². The summed E-state index contributed by atoms with van der Waals surface area (Å²) in [5.74, 6) is -1.36. The van der Waals surface area contributed by atoms with Gasteiger partial charge >= 0.3 is 0 Å². The number of nitrogens with zero attached hydrogens (tertiary/aromatic N) is 1. The van der Waals surface area contributed by atoms with Gasteiger partial charge < -0.3 is 0 Å². The van der Waals surface area contributed by atoms with Crippen molar-refractivity contribution in [2.45, 2.75) is 12.5 Å². The number of hydrogen-bond acceptors (Lipinski definition) is 3. The smallest absolute Gasteiger partial charge is 0.243 e. The van der Waals surface area contributed by atoms with Gasteiger partial charge in [-0.15, -0.1) is 0 Å². The topological polar surface area (TPSA) is 70.6 Å². The molecule has 0 atom stereocenters. The van der Waals surface area contributed by atoms with E-state index in [-0.39, 0.29) is 17.8 Å². The summed E-state index contributed by atoms with van der Waals surface area (Å²) in [6.07, 6.45) is 0. The summed E-state index contributed by atoms with van der Waals surface area (Å²) >= 11 is 0. The molecule has 1 fully saturated rings. The number of nitrogens with one attached hydrogen (secondary N) is 2. The number of aliphatic imine (C=N–C) groups is 1. The maximum atomic E-state index is 12.2. The third-order valence-corrected chi connectivity index (χ3v) is 3.40. The Morgan fingerprint density at radius 2 is 1.36 bits per heavy atom. The van der Waals surface area contributed by atoms with Crippen LogP contribution < -0.4 is 10.6 Å². The van der Waals surface area contributed by atoms with Crippen LogP contribution in [0.1, 0.15) is 17.0 Å². The van der Waals surface area contributed by atoms with E-state index in [1.807, 2.05) is 36.4 Å². The quantitative estimate of drug-likeness (QED) is 0.843. The van der Waals surface area contributed by atoms with Crippen molar-refractivity contribution >= 4 is 17.8 Å². The van der Waals surface area contributed by atoms with Crippen molar-refractivity contribution in [2.75, 3.05) is 0 Å². The highest BCUT2D eigenvalue weighted by atomic mass is 16.2. The van der Waals surface area contributed by atoms with Crippen LogP contribution in [-0.4, -0.2) is 17.8 Å². The molecule has 110 valence electrons. The van der Waals surface area contributed by atoms with E-state index in [2.05, 4.69) is 15.6 Å². The molecular weight excluding hydrogens is 278 g/mol. The van der Waals surface area contributed by atoms with E-state index in [1.165, 1.54) is 0 Å². The highest BCUT2D eigenvalue weighted by Crippen LogP contribution is 2.18. The fourth-order valence-electron chi connectivity index (χ4n) is 2.31. The Labute approximate surface area is 128 Å². The third kappa shape index (κ3) is 3.03. The maximum Gasteiger partial charge on any atom is 0.243 e. The van der Waals surface area contributed by atoms with E-state index in [0.717, 1.165) is 5.56 Å². The Bertz CT molecular complexity index is 691. The van der Waals surface area contributed by atoms with E-state index in [1.54, 1.807) is 24.3 Å². The maximum absolute atomic E-state index is 12.2. The number of amides is 2. The minimum Gasteiger partial charge on any atom is -0.295 e. The molecule has 5 heteroatoms. The summed E-state index contributed by atoms with van der Waals surface area (Å²) < 4.78 is 0. The van der Waals surface area contributed by atoms with Crippen LogP contribution in [-0.2, 0) is 16.1 Å². The number of carbonyl (C=O) groups is 2. The van der Waals surface area contributed by atoms with Gasteiger partial charge in [0, 0.05) is 0 Å². The lowest BCUT2D eigenvalue weighted by molar-refractivity contribution is -0.131. The summed E-state index contributed by atoms with van der Waals surface area (Å²) in [7, 11) is 0. The van der Waals surface area contributed by atoms with Crippen molar-refractivity contribution in [2.24, 2.45) is 4.99 Å². The summed E-state index contributed by atoms with van der Waals surface area (Å²) in [6, 6.07) is 18.6. The zero-order valence-corrected chi connectivity index (χ0v) is 11.8. The number of carbonyl (C=O) groups excluding carboxylic acids is 2. The van der Waals surface area contributed by atoms with Crippen LogP contribution in [0.4, 0.5) is 0 Å². The fourth-order valence-corrected chi connectivity index (χ4v) is 2.31. The molecular formula is C17H15N3O2.